The molecule has 2 rings (SSSR count). The van der Waals surface area contributed by atoms with Gasteiger partial charge in [-0.15, -0.1) is 0 Å². The van der Waals surface area contributed by atoms with E-state index in [1.54, 1.807) is 18.2 Å². The minimum atomic E-state index is -1.12. The Morgan fingerprint density at radius 2 is 1.54 bits per heavy atom. The molecule has 0 aromatic heterocycles. The normalized spacial score (nSPS) is 9.75. The Hall–Kier alpha value is -1.61. The fraction of sp³-hybridized carbons (Fsp3) is 0.105. The first kappa shape index (κ1) is 26.4. The van der Waals surface area contributed by atoms with Crippen molar-refractivity contribution in [2.24, 2.45) is 0 Å². The number of carboxylic acid groups (broad SMARTS) is 2. The third kappa shape index (κ3) is 7.79. The molecule has 0 unspecified atom stereocenters. The number of carbonyl (C=O) groups is 3. The Morgan fingerprint density at radius 3 is 2.07 bits per heavy atom. The summed E-state index contributed by atoms with van der Waals surface area (Å²) in [6.07, 6.45) is 2.91. The van der Waals surface area contributed by atoms with Crippen LogP contribution >= 0.6 is 0 Å². The van der Waals surface area contributed by atoms with Crippen molar-refractivity contribution in [2.45, 2.75) is 0 Å². The molecule has 0 aliphatic rings. The van der Waals surface area contributed by atoms with Crippen LogP contribution in [0, 0.1) is 0 Å². The summed E-state index contributed by atoms with van der Waals surface area (Å²) in [5.74, 6) is -1.97. The van der Waals surface area contributed by atoms with Crippen molar-refractivity contribution in [1.82, 2.24) is 0 Å². The summed E-state index contributed by atoms with van der Waals surface area (Å²) in [5.41, 5.74) is 1.18. The molecule has 0 aliphatic carbocycles. The summed E-state index contributed by atoms with van der Waals surface area (Å²) in [4.78, 5) is 33.6. The number of methoxy groups -OCH3 is 1. The molecule has 138 valence electrons. The molecule has 2 aromatic rings. The van der Waals surface area contributed by atoms with Gasteiger partial charge in [-0.1, -0.05) is 18.2 Å². The third-order valence-corrected chi connectivity index (χ3v) is 3.38. The predicted molar refractivity (Wildman–Crippen MR) is 107 cm³/mol. The van der Waals surface area contributed by atoms with Crippen LogP contribution in [0.5, 0.6) is 11.5 Å². The molecule has 0 saturated heterocycles. The Morgan fingerprint density at radius 1 is 0.929 bits per heavy atom. The Bertz CT molecular complexity index is 861. The van der Waals surface area contributed by atoms with Crippen LogP contribution in [0.4, 0.5) is 0 Å². The van der Waals surface area contributed by atoms with E-state index in [0.717, 1.165) is 0 Å². The number of hydrogen-bond donors (Lipinski definition) is 2. The van der Waals surface area contributed by atoms with Crippen molar-refractivity contribution >= 4 is 82.9 Å². The molecule has 0 aliphatic heterocycles. The van der Waals surface area contributed by atoms with Crippen LogP contribution in [-0.2, 0) is 4.79 Å². The average Bonchev–Trinajstić information content (AvgIpc) is 2.64. The van der Waals surface area contributed by atoms with Crippen LogP contribution in [0.2, 0.25) is 0 Å². The zero-order chi connectivity index (χ0) is 19.1. The van der Waals surface area contributed by atoms with E-state index in [0.29, 0.717) is 11.1 Å². The fourth-order valence-corrected chi connectivity index (χ4v) is 2.08. The van der Waals surface area contributed by atoms with Crippen molar-refractivity contribution in [3.8, 4) is 11.5 Å². The van der Waals surface area contributed by atoms with Gasteiger partial charge in [0.15, 0.2) is 23.9 Å². The van der Waals surface area contributed by atoms with Crippen molar-refractivity contribution < 1.29 is 34.1 Å². The van der Waals surface area contributed by atoms with Gasteiger partial charge < -0.3 is 19.7 Å². The molecule has 9 heteroatoms. The average molecular weight is 404 g/mol. The van der Waals surface area contributed by atoms with Gasteiger partial charge in [0.25, 0.3) is 0 Å². The number of carboxylic acids is 2. The second-order valence-electron chi connectivity index (χ2n) is 5.17. The van der Waals surface area contributed by atoms with Crippen LogP contribution in [0.3, 0.4) is 0 Å². The van der Waals surface area contributed by atoms with Gasteiger partial charge in [0, 0.05) is 5.56 Å². The summed E-state index contributed by atoms with van der Waals surface area (Å²) < 4.78 is 10.2. The minimum absolute atomic E-state index is 0. The molecule has 0 atom stereocenters. The number of ketones is 1. The van der Waals surface area contributed by atoms with Gasteiger partial charge >= 0.3 is 71.1 Å². The number of allylic oxidation sites excluding steroid dienone is 1. The molecule has 0 fully saturated rings. The maximum absolute atomic E-state index is 12.3. The topological polar surface area (TPSA) is 110 Å². The van der Waals surface area contributed by atoms with Gasteiger partial charge in [-0.05, 0) is 42.0 Å². The van der Waals surface area contributed by atoms with Crippen LogP contribution in [0.25, 0.3) is 6.08 Å². The summed E-state index contributed by atoms with van der Waals surface area (Å²) in [6.45, 7) is -0.518. The molecule has 7 nitrogen and oxygen atoms in total. The Kier molecular flexibility index (Phi) is 12.0. The second-order valence-corrected chi connectivity index (χ2v) is 5.17. The fourth-order valence-electron chi connectivity index (χ4n) is 2.08. The molecular formula is C19H18Na2O7. The van der Waals surface area contributed by atoms with Crippen LogP contribution in [-0.4, -0.2) is 101 Å². The molecule has 28 heavy (non-hydrogen) atoms. The molecule has 0 saturated carbocycles. The molecule has 0 radical (unpaired) electrons. The van der Waals surface area contributed by atoms with Gasteiger partial charge in [0.2, 0.25) is 0 Å². The predicted octanol–water partition coefficient (Wildman–Crippen LogP) is 1.46. The second kappa shape index (κ2) is 12.8. The van der Waals surface area contributed by atoms with E-state index in [4.69, 9.17) is 19.7 Å². The van der Waals surface area contributed by atoms with E-state index in [1.807, 2.05) is 0 Å². The third-order valence-electron chi connectivity index (χ3n) is 3.38. The molecule has 0 heterocycles. The van der Waals surface area contributed by atoms with Crippen molar-refractivity contribution in [3.63, 3.8) is 0 Å². The van der Waals surface area contributed by atoms with Gasteiger partial charge in [-0.3, -0.25) is 4.79 Å². The SMILES string of the molecule is COc1cc(C(=O)C=Cc2ccc(C(=O)O)cc2)ccc1OCC(=O)O.[NaH].[NaH]. The number of aliphatic carboxylic acids is 1. The molecule has 0 bridgehead atoms. The molecule has 0 amide bonds. The summed E-state index contributed by atoms with van der Waals surface area (Å²) in [7, 11) is 1.39. The quantitative estimate of drug-likeness (QED) is 0.389. The molecule has 2 N–H and O–H groups in total. The van der Waals surface area contributed by atoms with Crippen LogP contribution < -0.4 is 9.47 Å². The number of benzene rings is 2. The van der Waals surface area contributed by atoms with Gasteiger partial charge in [-0.2, -0.15) is 0 Å². The van der Waals surface area contributed by atoms with E-state index in [2.05, 4.69) is 0 Å². The first-order valence-electron chi connectivity index (χ1n) is 7.49. The number of rotatable bonds is 8. The number of aromatic carboxylic acids is 1. The monoisotopic (exact) mass is 404 g/mol. The Labute approximate surface area is 205 Å². The number of carbonyl (C=O) groups excluding carboxylic acids is 1. The maximum atomic E-state index is 12.3. The standard InChI is InChI=1S/C19H16O7.2Na.2H/c1-25-17-10-14(7-9-16(17)26-11-18(21)22)15(20)8-4-12-2-5-13(6-3-12)19(23)24;;;;/h2-10H,11H2,1H3,(H,21,22)(H,23,24);;;;. The Balaban J connectivity index is 0.00000364. The first-order chi connectivity index (χ1) is 12.4. The number of hydrogen-bond acceptors (Lipinski definition) is 5. The van der Waals surface area contributed by atoms with Gasteiger partial charge in [-0.25, -0.2) is 9.59 Å². The van der Waals surface area contributed by atoms with E-state index in [1.165, 1.54) is 43.5 Å². The zero-order valence-electron chi connectivity index (χ0n) is 13.8. The van der Waals surface area contributed by atoms with Gasteiger partial charge in [0.1, 0.15) is 0 Å². The first-order valence-corrected chi connectivity index (χ1v) is 7.49. The summed E-state index contributed by atoms with van der Waals surface area (Å²) in [6, 6.07) is 10.5. The van der Waals surface area contributed by atoms with Gasteiger partial charge in [0.05, 0.1) is 12.7 Å². The molecule has 0 spiro atoms. The van der Waals surface area contributed by atoms with E-state index in [-0.39, 0.29) is 82.0 Å². The van der Waals surface area contributed by atoms with Crippen molar-refractivity contribution in [2.75, 3.05) is 13.7 Å². The van der Waals surface area contributed by atoms with Crippen molar-refractivity contribution in [1.29, 1.82) is 0 Å². The van der Waals surface area contributed by atoms with Crippen LogP contribution in [0.15, 0.2) is 48.5 Å². The van der Waals surface area contributed by atoms with Crippen molar-refractivity contribution in [3.05, 3.63) is 65.2 Å². The molecule has 2 aromatic carbocycles. The summed E-state index contributed by atoms with van der Waals surface area (Å²) >= 11 is 0. The summed E-state index contributed by atoms with van der Waals surface area (Å²) in [5, 5.41) is 17.5. The van der Waals surface area contributed by atoms with E-state index < -0.39 is 18.5 Å². The zero-order valence-corrected chi connectivity index (χ0v) is 13.8. The molecular weight excluding hydrogens is 386 g/mol. The van der Waals surface area contributed by atoms with Crippen LogP contribution in [0.1, 0.15) is 26.3 Å². The number of ether oxygens (including phenoxy) is 2. The van der Waals surface area contributed by atoms with E-state index in [9.17, 15) is 14.4 Å². The van der Waals surface area contributed by atoms with E-state index >= 15 is 0 Å².